The molecule has 5 fully saturated rings. The summed E-state index contributed by atoms with van der Waals surface area (Å²) in [5.41, 5.74) is 3.26. The Labute approximate surface area is 335 Å². The van der Waals surface area contributed by atoms with Gasteiger partial charge in [0, 0.05) is 49.0 Å². The zero-order valence-electron chi connectivity index (χ0n) is 33.9. The number of nitrogens with zero attached hydrogens (tertiary/aromatic N) is 2. The minimum atomic E-state index is -2.85. The minimum absolute atomic E-state index is 0.250. The average molecular weight is 797 g/mol. The first-order valence-corrected chi connectivity index (χ1v) is 23.9. The number of hydrogen-bond acceptors (Lipinski definition) is 7. The number of fused-ring (bicyclic) bond motifs is 7. The van der Waals surface area contributed by atoms with Crippen LogP contribution in [0.4, 0.5) is 0 Å². The number of halogens is 1. The Hall–Kier alpha value is -1.94. The molecule has 7 aliphatic rings. The molecule has 0 amide bonds. The lowest BCUT2D eigenvalue weighted by Gasteiger charge is -2.71. The summed E-state index contributed by atoms with van der Waals surface area (Å²) in [6.45, 7) is 14.2. The van der Waals surface area contributed by atoms with Crippen molar-refractivity contribution in [2.75, 3.05) is 44.3 Å². The lowest BCUT2D eigenvalue weighted by Crippen LogP contribution is -2.67. The summed E-state index contributed by atoms with van der Waals surface area (Å²) >= 11 is 6.10. The van der Waals surface area contributed by atoms with E-state index in [0.717, 1.165) is 37.8 Å². The molecule has 55 heavy (non-hydrogen) atoms. The van der Waals surface area contributed by atoms with Gasteiger partial charge in [0.25, 0.3) is 0 Å². The van der Waals surface area contributed by atoms with Gasteiger partial charge in [0.15, 0.2) is 9.84 Å². The maximum Gasteiger partial charge on any atom is 0.310 e. The summed E-state index contributed by atoms with van der Waals surface area (Å²) in [4.78, 5) is 19.3. The van der Waals surface area contributed by atoms with Gasteiger partial charge in [-0.1, -0.05) is 57.9 Å². The van der Waals surface area contributed by atoms with Crippen LogP contribution >= 0.6 is 11.6 Å². The van der Waals surface area contributed by atoms with Crippen LogP contribution in [0.5, 0.6) is 5.88 Å². The zero-order valence-corrected chi connectivity index (χ0v) is 35.5. The smallest absolute Gasteiger partial charge is 0.310 e. The monoisotopic (exact) mass is 795 g/mol. The van der Waals surface area contributed by atoms with Crippen LogP contribution in [0.1, 0.15) is 118 Å². The molecule has 10 heteroatoms. The molecular weight excluding hydrogens is 730 g/mol. The number of nitrogens with one attached hydrogen (secondary N) is 1. The van der Waals surface area contributed by atoms with Crippen LogP contribution in [-0.4, -0.2) is 79.2 Å². The molecule has 1 saturated heterocycles. The van der Waals surface area contributed by atoms with E-state index in [2.05, 4.69) is 55.0 Å². The first-order valence-electron chi connectivity index (χ1n) is 21.7. The fourth-order valence-corrected chi connectivity index (χ4v) is 15.9. The predicted molar refractivity (Wildman–Crippen MR) is 219 cm³/mol. The van der Waals surface area contributed by atoms with E-state index in [1.807, 2.05) is 0 Å². The summed E-state index contributed by atoms with van der Waals surface area (Å²) in [7, 11) is -2.85. The first-order chi connectivity index (χ1) is 26.1. The standard InChI is InChI=1S/C45H66ClN3O5S/c1-31-34(32-9-17-44(18-10-32,40(50)51)21-27-54-39-30-33(46)13-22-47-39)11-15-41(2)35(31)12-16-43(4)38(41)8-7-36-37-6-5-14-45(37,20-19-42(36,43)3)48-23-24-49-25-28-55(52,53)29-26-49/h9,11,13,22,30-31,35-38,48H,5-8,10,12,14-21,23-29H2,1-4H3,(H,50,51)/t31?,35?,36?,37-,38?,41?,42-,43?,44?,45?/m1/s1. The van der Waals surface area contributed by atoms with Crippen molar-refractivity contribution >= 4 is 27.4 Å². The summed E-state index contributed by atoms with van der Waals surface area (Å²) in [6, 6.07) is 3.37. The second kappa shape index (κ2) is 14.7. The zero-order chi connectivity index (χ0) is 38.9. The number of rotatable bonds is 10. The van der Waals surface area contributed by atoms with Gasteiger partial charge in [0.05, 0.1) is 23.5 Å². The molecule has 0 spiro atoms. The molecule has 2 N–H and O–H groups in total. The van der Waals surface area contributed by atoms with Gasteiger partial charge < -0.3 is 20.1 Å². The van der Waals surface area contributed by atoms with Crippen LogP contribution in [0, 0.1) is 51.2 Å². The molecule has 8 unspecified atom stereocenters. The molecule has 0 radical (unpaired) electrons. The number of aromatic nitrogens is 1. The van der Waals surface area contributed by atoms with Crippen LogP contribution in [0.25, 0.3) is 0 Å². The van der Waals surface area contributed by atoms with Gasteiger partial charge in [0.1, 0.15) is 0 Å². The number of ether oxygens (including phenoxy) is 1. The Morgan fingerprint density at radius 2 is 1.78 bits per heavy atom. The molecule has 6 aliphatic carbocycles. The van der Waals surface area contributed by atoms with E-state index < -0.39 is 21.2 Å². The Morgan fingerprint density at radius 1 is 0.982 bits per heavy atom. The van der Waals surface area contributed by atoms with Gasteiger partial charge >= 0.3 is 5.97 Å². The van der Waals surface area contributed by atoms with Gasteiger partial charge in [-0.2, -0.15) is 0 Å². The highest BCUT2D eigenvalue weighted by molar-refractivity contribution is 7.91. The number of carboxylic acids is 1. The third-order valence-corrected chi connectivity index (χ3v) is 19.7. The van der Waals surface area contributed by atoms with E-state index in [4.69, 9.17) is 16.3 Å². The van der Waals surface area contributed by atoms with Crippen LogP contribution in [0.15, 0.2) is 41.6 Å². The van der Waals surface area contributed by atoms with E-state index in [1.165, 1.54) is 68.9 Å². The molecule has 1 aliphatic heterocycles. The molecular formula is C45H66ClN3O5S. The van der Waals surface area contributed by atoms with Crippen molar-refractivity contribution in [2.24, 2.45) is 51.2 Å². The highest BCUT2D eigenvalue weighted by Crippen LogP contribution is 2.75. The number of hydrogen-bond donors (Lipinski definition) is 2. The van der Waals surface area contributed by atoms with Crippen molar-refractivity contribution in [1.82, 2.24) is 15.2 Å². The largest absolute Gasteiger partial charge is 0.481 e. The number of allylic oxidation sites excluding steroid dienone is 4. The van der Waals surface area contributed by atoms with Crippen LogP contribution in [0.2, 0.25) is 5.02 Å². The molecule has 2 heterocycles. The van der Waals surface area contributed by atoms with Crippen molar-refractivity contribution in [3.8, 4) is 5.88 Å². The van der Waals surface area contributed by atoms with E-state index in [-0.39, 0.29) is 11.0 Å². The third-order valence-electron chi connectivity index (χ3n) is 17.9. The van der Waals surface area contributed by atoms with Gasteiger partial charge in [-0.3, -0.25) is 4.79 Å². The van der Waals surface area contributed by atoms with E-state index in [0.29, 0.717) is 90.0 Å². The van der Waals surface area contributed by atoms with Gasteiger partial charge in [-0.25, -0.2) is 13.4 Å². The summed E-state index contributed by atoms with van der Waals surface area (Å²) in [6.07, 6.45) is 21.9. The molecule has 1 aromatic rings. The number of sulfone groups is 1. The lowest BCUT2D eigenvalue weighted by molar-refractivity contribution is -0.212. The van der Waals surface area contributed by atoms with E-state index in [1.54, 1.807) is 18.3 Å². The predicted octanol–water partition coefficient (Wildman–Crippen LogP) is 8.76. The second-order valence-electron chi connectivity index (χ2n) is 19.9. The van der Waals surface area contributed by atoms with Gasteiger partial charge in [0.2, 0.25) is 5.88 Å². The number of pyridine rings is 1. The van der Waals surface area contributed by atoms with Crippen LogP contribution < -0.4 is 10.1 Å². The van der Waals surface area contributed by atoms with E-state index >= 15 is 0 Å². The molecule has 0 aromatic carbocycles. The highest BCUT2D eigenvalue weighted by atomic mass is 35.5. The van der Waals surface area contributed by atoms with Crippen molar-refractivity contribution in [3.63, 3.8) is 0 Å². The molecule has 10 atom stereocenters. The lowest BCUT2D eigenvalue weighted by atomic mass is 9.34. The fourth-order valence-electron chi connectivity index (χ4n) is 14.5. The molecule has 8 nitrogen and oxygen atoms in total. The normalized spacial score (nSPS) is 42.5. The van der Waals surface area contributed by atoms with Crippen molar-refractivity contribution in [2.45, 2.75) is 123 Å². The van der Waals surface area contributed by atoms with Crippen LogP contribution in [0.3, 0.4) is 0 Å². The van der Waals surface area contributed by atoms with Crippen molar-refractivity contribution in [1.29, 1.82) is 0 Å². The molecule has 1 aromatic heterocycles. The molecule has 8 rings (SSSR count). The topological polar surface area (TPSA) is 109 Å². The van der Waals surface area contributed by atoms with Gasteiger partial charge in [-0.05, 0) is 147 Å². The molecule has 304 valence electrons. The second-order valence-corrected chi connectivity index (χ2v) is 22.6. The average Bonchev–Trinajstić information content (AvgIpc) is 3.57. The Balaban J connectivity index is 0.939. The Kier molecular flexibility index (Phi) is 10.7. The minimum Gasteiger partial charge on any atom is -0.481 e. The van der Waals surface area contributed by atoms with Crippen molar-refractivity contribution < 1.29 is 23.1 Å². The van der Waals surface area contributed by atoms with Crippen molar-refractivity contribution in [3.05, 3.63) is 46.7 Å². The fraction of sp³-hybridized carbons (Fsp3) is 0.778. The SMILES string of the molecule is CC1C(C2=CCC(CCOc3cc(Cl)ccn3)(C(=O)O)CC2)=CCC2(C)C1CCC1(C)C2CCC2[C@H]3CCCC3(NCCN3CCS(=O)(=O)CC3)CC[C@]21C. The quantitative estimate of drug-likeness (QED) is 0.242. The van der Waals surface area contributed by atoms with Crippen LogP contribution in [-0.2, 0) is 14.6 Å². The summed E-state index contributed by atoms with van der Waals surface area (Å²) < 4.78 is 29.8. The summed E-state index contributed by atoms with van der Waals surface area (Å²) in [5.74, 6) is 3.67. The highest BCUT2D eigenvalue weighted by Gasteiger charge is 2.68. The number of aliphatic carboxylic acids is 1. The molecule has 0 bridgehead atoms. The third kappa shape index (κ3) is 6.84. The van der Waals surface area contributed by atoms with Gasteiger partial charge in [-0.15, -0.1) is 0 Å². The molecule has 4 saturated carbocycles. The Bertz CT molecular complexity index is 1800. The first kappa shape index (κ1) is 39.9. The number of carbonyl (C=O) groups is 1. The number of carboxylic acid groups (broad SMARTS) is 1. The maximum atomic E-state index is 12.7. The maximum absolute atomic E-state index is 12.7. The summed E-state index contributed by atoms with van der Waals surface area (Å²) in [5, 5.41) is 15.1. The van der Waals surface area contributed by atoms with E-state index in [9.17, 15) is 18.3 Å². The Morgan fingerprint density at radius 3 is 2.51 bits per heavy atom.